The van der Waals surface area contributed by atoms with E-state index in [2.05, 4.69) is 29.3 Å². The Kier molecular flexibility index (Phi) is 5.95. The van der Waals surface area contributed by atoms with E-state index >= 15 is 0 Å². The van der Waals surface area contributed by atoms with Crippen molar-refractivity contribution in [2.24, 2.45) is 5.92 Å². The molecule has 0 bridgehead atoms. The second kappa shape index (κ2) is 8.36. The summed E-state index contributed by atoms with van der Waals surface area (Å²) >= 11 is 0. The van der Waals surface area contributed by atoms with Gasteiger partial charge in [0.25, 0.3) is 0 Å². The molecule has 2 aliphatic carbocycles. The van der Waals surface area contributed by atoms with Crippen molar-refractivity contribution in [2.45, 2.75) is 70.1 Å². The first-order valence-electron chi connectivity index (χ1n) is 9.57. The molecule has 0 spiro atoms. The molecule has 1 aromatic carbocycles. The maximum atomic E-state index is 10.9. The lowest BCUT2D eigenvalue weighted by atomic mass is 9.83. The Hall–Kier alpha value is -1.77. The lowest BCUT2D eigenvalue weighted by Crippen LogP contribution is -2.14. The van der Waals surface area contributed by atoms with Gasteiger partial charge in [0.05, 0.1) is 0 Å². The fourth-order valence-corrected chi connectivity index (χ4v) is 4.29. The fraction of sp³-hybridized carbons (Fsp3) is 0.571. The van der Waals surface area contributed by atoms with Crippen molar-refractivity contribution in [3.05, 3.63) is 36.0 Å². The first-order chi connectivity index (χ1) is 11.8. The molecule has 2 N–H and O–H groups in total. The highest BCUT2D eigenvalue weighted by atomic mass is 16.1. The molecule has 0 saturated heterocycles. The number of allylic oxidation sites excluding steroid dienone is 1. The van der Waals surface area contributed by atoms with Crippen LogP contribution in [0.2, 0.25) is 0 Å². The number of hydrogen-bond donors (Lipinski definition) is 2. The van der Waals surface area contributed by atoms with Crippen LogP contribution in [0.5, 0.6) is 0 Å². The van der Waals surface area contributed by atoms with E-state index in [4.69, 9.17) is 0 Å². The number of carbonyl (C=O) groups is 1. The van der Waals surface area contributed by atoms with Gasteiger partial charge < -0.3 is 10.6 Å². The van der Waals surface area contributed by atoms with Crippen molar-refractivity contribution in [3.63, 3.8) is 0 Å². The first-order valence-corrected chi connectivity index (χ1v) is 9.57. The van der Waals surface area contributed by atoms with Crippen LogP contribution in [0, 0.1) is 5.92 Å². The predicted molar refractivity (Wildman–Crippen MR) is 101 cm³/mol. The third-order valence-corrected chi connectivity index (χ3v) is 5.66. The van der Waals surface area contributed by atoms with Gasteiger partial charge in [-0.1, -0.05) is 45.1 Å². The lowest BCUT2D eigenvalue weighted by molar-refractivity contribution is -0.105. The number of anilines is 2. The molecule has 2 fully saturated rings. The molecule has 1 amide bonds. The molecule has 3 rings (SSSR count). The van der Waals surface area contributed by atoms with E-state index in [0.717, 1.165) is 23.5 Å². The van der Waals surface area contributed by atoms with Crippen LogP contribution in [-0.4, -0.2) is 6.41 Å². The molecule has 0 unspecified atom stereocenters. The van der Waals surface area contributed by atoms with Gasteiger partial charge in [-0.15, -0.1) is 0 Å². The minimum atomic E-state index is 0.583. The van der Waals surface area contributed by atoms with Gasteiger partial charge in [-0.25, -0.2) is 0 Å². The summed E-state index contributed by atoms with van der Waals surface area (Å²) in [6, 6.07) is 6.42. The van der Waals surface area contributed by atoms with Crippen molar-refractivity contribution in [1.29, 1.82) is 0 Å². The molecule has 1 aromatic rings. The van der Waals surface area contributed by atoms with Crippen molar-refractivity contribution in [1.82, 2.24) is 0 Å². The molecule has 2 aliphatic rings. The number of nitrogens with one attached hydrogen (secondary N) is 2. The molecular formula is C21H30N2O. The molecule has 0 radical (unpaired) electrons. The SMILES string of the molecule is C=C(Nc1cc(NC=O)cc(C2CCCCC2)c1)C1CCCCC1. The van der Waals surface area contributed by atoms with Gasteiger partial charge in [0.15, 0.2) is 0 Å². The zero-order valence-corrected chi connectivity index (χ0v) is 14.7. The molecule has 130 valence electrons. The molecule has 24 heavy (non-hydrogen) atoms. The van der Waals surface area contributed by atoms with Crippen molar-refractivity contribution >= 4 is 17.8 Å². The molecule has 0 atom stereocenters. The predicted octanol–water partition coefficient (Wildman–Crippen LogP) is 5.81. The highest BCUT2D eigenvalue weighted by Crippen LogP contribution is 2.36. The summed E-state index contributed by atoms with van der Waals surface area (Å²) < 4.78 is 0. The van der Waals surface area contributed by atoms with Gasteiger partial charge in [-0.3, -0.25) is 4.79 Å². The minimum Gasteiger partial charge on any atom is -0.359 e. The number of rotatable bonds is 6. The highest BCUT2D eigenvalue weighted by Gasteiger charge is 2.19. The van der Waals surface area contributed by atoms with Crippen LogP contribution >= 0.6 is 0 Å². The van der Waals surface area contributed by atoms with Crippen molar-refractivity contribution < 1.29 is 4.79 Å². The molecule has 0 aliphatic heterocycles. The average Bonchev–Trinajstić information content (AvgIpc) is 2.63. The van der Waals surface area contributed by atoms with Gasteiger partial charge in [0.1, 0.15) is 0 Å². The van der Waals surface area contributed by atoms with Crippen molar-refractivity contribution in [2.75, 3.05) is 10.6 Å². The Labute approximate surface area is 145 Å². The molecular weight excluding hydrogens is 296 g/mol. The van der Waals surface area contributed by atoms with Crippen LogP contribution in [0.3, 0.4) is 0 Å². The highest BCUT2D eigenvalue weighted by molar-refractivity contribution is 5.74. The molecule has 2 saturated carbocycles. The van der Waals surface area contributed by atoms with Gasteiger partial charge in [0.2, 0.25) is 6.41 Å². The van der Waals surface area contributed by atoms with Crippen LogP contribution in [0.1, 0.15) is 75.7 Å². The Balaban J connectivity index is 1.76. The summed E-state index contributed by atoms with van der Waals surface area (Å²) in [6.45, 7) is 4.29. The summed E-state index contributed by atoms with van der Waals surface area (Å²) in [5.74, 6) is 1.20. The molecule has 0 heterocycles. The van der Waals surface area contributed by atoms with Crippen LogP contribution < -0.4 is 10.6 Å². The fourth-order valence-electron chi connectivity index (χ4n) is 4.29. The Morgan fingerprint density at radius 1 is 0.917 bits per heavy atom. The van der Waals surface area contributed by atoms with E-state index in [1.807, 2.05) is 6.07 Å². The van der Waals surface area contributed by atoms with E-state index < -0.39 is 0 Å². The summed E-state index contributed by atoms with van der Waals surface area (Å²) in [6.07, 6.45) is 13.7. The number of hydrogen-bond acceptors (Lipinski definition) is 2. The first kappa shape index (κ1) is 17.1. The van der Waals surface area contributed by atoms with Crippen LogP contribution in [0.4, 0.5) is 11.4 Å². The van der Waals surface area contributed by atoms with E-state index in [1.54, 1.807) is 0 Å². The molecule has 0 aromatic heterocycles. The van der Waals surface area contributed by atoms with Crippen molar-refractivity contribution in [3.8, 4) is 0 Å². The van der Waals surface area contributed by atoms with Gasteiger partial charge in [-0.05, 0) is 61.3 Å². The third kappa shape index (κ3) is 4.40. The van der Waals surface area contributed by atoms with Crippen LogP contribution in [-0.2, 0) is 4.79 Å². The maximum absolute atomic E-state index is 10.9. The summed E-state index contributed by atoms with van der Waals surface area (Å²) in [4.78, 5) is 10.9. The molecule has 3 nitrogen and oxygen atoms in total. The largest absolute Gasteiger partial charge is 0.359 e. The zero-order valence-electron chi connectivity index (χ0n) is 14.7. The van der Waals surface area contributed by atoms with Crippen LogP contribution in [0.15, 0.2) is 30.5 Å². The number of benzene rings is 1. The summed E-state index contributed by atoms with van der Waals surface area (Å²) in [5.41, 5.74) is 4.43. The minimum absolute atomic E-state index is 0.583. The second-order valence-electron chi connectivity index (χ2n) is 7.43. The van der Waals surface area contributed by atoms with E-state index in [0.29, 0.717) is 11.8 Å². The van der Waals surface area contributed by atoms with Gasteiger partial charge >= 0.3 is 0 Å². The number of carbonyl (C=O) groups excluding carboxylic acids is 1. The van der Waals surface area contributed by atoms with Gasteiger partial charge in [0, 0.05) is 17.1 Å². The van der Waals surface area contributed by atoms with E-state index in [1.165, 1.54) is 69.8 Å². The average molecular weight is 326 g/mol. The zero-order chi connectivity index (χ0) is 16.8. The van der Waals surface area contributed by atoms with E-state index in [9.17, 15) is 4.79 Å². The Morgan fingerprint density at radius 2 is 1.54 bits per heavy atom. The smallest absolute Gasteiger partial charge is 0.211 e. The standard InChI is InChI=1S/C21H30N2O/c1-16(17-8-4-2-5-9-17)23-21-13-19(12-20(14-21)22-15-24)18-10-6-3-7-11-18/h12-15,17-18,23H,1-11H2,(H,22,24). The van der Waals surface area contributed by atoms with Crippen LogP contribution in [0.25, 0.3) is 0 Å². The second-order valence-corrected chi connectivity index (χ2v) is 7.43. The summed E-state index contributed by atoms with van der Waals surface area (Å²) in [5, 5.41) is 6.37. The number of amides is 1. The topological polar surface area (TPSA) is 41.1 Å². The monoisotopic (exact) mass is 326 g/mol. The van der Waals surface area contributed by atoms with E-state index in [-0.39, 0.29) is 0 Å². The van der Waals surface area contributed by atoms with Gasteiger partial charge in [-0.2, -0.15) is 0 Å². The Morgan fingerprint density at radius 3 is 2.21 bits per heavy atom. The summed E-state index contributed by atoms with van der Waals surface area (Å²) in [7, 11) is 0. The quantitative estimate of drug-likeness (QED) is 0.648. The maximum Gasteiger partial charge on any atom is 0.211 e. The third-order valence-electron chi connectivity index (χ3n) is 5.66. The lowest BCUT2D eigenvalue weighted by Gasteiger charge is -2.26. The molecule has 3 heteroatoms. The Bertz CT molecular complexity index is 569. The normalized spacial score (nSPS) is 19.7.